The summed E-state index contributed by atoms with van der Waals surface area (Å²) in [6.07, 6.45) is 2.51. The summed E-state index contributed by atoms with van der Waals surface area (Å²) >= 11 is 0. The smallest absolute Gasteiger partial charge is 0.123 e. The van der Waals surface area contributed by atoms with E-state index in [2.05, 4.69) is 4.90 Å². The zero-order valence-electron chi connectivity index (χ0n) is 11.5. The molecule has 1 saturated heterocycles. The maximum Gasteiger partial charge on any atom is 0.123 e. The molecule has 0 aliphatic carbocycles. The van der Waals surface area contributed by atoms with Crippen LogP contribution in [0.4, 0.5) is 4.39 Å². The van der Waals surface area contributed by atoms with Crippen LogP contribution in [0.3, 0.4) is 0 Å². The van der Waals surface area contributed by atoms with Crippen LogP contribution in [0.5, 0.6) is 0 Å². The van der Waals surface area contributed by atoms with Crippen LogP contribution in [0.2, 0.25) is 0 Å². The van der Waals surface area contributed by atoms with Crippen molar-refractivity contribution in [3.63, 3.8) is 0 Å². The highest BCUT2D eigenvalue weighted by Gasteiger charge is 2.21. The number of nitrogens with two attached hydrogens (primary N) is 1. The highest BCUT2D eigenvalue weighted by molar-refractivity contribution is 5.20. The van der Waals surface area contributed by atoms with Crippen molar-refractivity contribution in [1.29, 1.82) is 0 Å². The fourth-order valence-corrected chi connectivity index (χ4v) is 2.62. The molecule has 1 unspecified atom stereocenters. The van der Waals surface area contributed by atoms with Crippen molar-refractivity contribution in [2.45, 2.75) is 31.9 Å². The third-order valence-electron chi connectivity index (χ3n) is 3.67. The van der Waals surface area contributed by atoms with Crippen LogP contribution in [-0.4, -0.2) is 37.2 Å². The minimum atomic E-state index is -0.219. The second-order valence-electron chi connectivity index (χ2n) is 5.12. The van der Waals surface area contributed by atoms with Crippen LogP contribution < -0.4 is 5.73 Å². The molecule has 1 aliphatic heterocycles. The maximum atomic E-state index is 13.2. The predicted octanol–water partition coefficient (Wildman–Crippen LogP) is 2.33. The third kappa shape index (κ3) is 4.27. The molecule has 106 valence electrons. The highest BCUT2D eigenvalue weighted by Crippen LogP contribution is 2.18. The van der Waals surface area contributed by atoms with Crippen LogP contribution in [-0.2, 0) is 4.74 Å². The van der Waals surface area contributed by atoms with Crippen LogP contribution in [0.25, 0.3) is 0 Å². The van der Waals surface area contributed by atoms with Gasteiger partial charge in [0.1, 0.15) is 5.82 Å². The topological polar surface area (TPSA) is 38.5 Å². The van der Waals surface area contributed by atoms with Gasteiger partial charge >= 0.3 is 0 Å². The third-order valence-corrected chi connectivity index (χ3v) is 3.67. The maximum absolute atomic E-state index is 13.2. The molecule has 1 aromatic carbocycles. The first-order chi connectivity index (χ1) is 9.19. The first-order valence-corrected chi connectivity index (χ1v) is 7.04. The Morgan fingerprint density at radius 3 is 2.79 bits per heavy atom. The molecular formula is C15H23FN2O. The van der Waals surface area contributed by atoms with Gasteiger partial charge in [-0.3, -0.25) is 0 Å². The molecule has 1 atom stereocenters. The van der Waals surface area contributed by atoms with E-state index in [1.165, 1.54) is 12.1 Å². The van der Waals surface area contributed by atoms with Crippen LogP contribution >= 0.6 is 0 Å². The van der Waals surface area contributed by atoms with Gasteiger partial charge in [0.15, 0.2) is 0 Å². The quantitative estimate of drug-likeness (QED) is 0.889. The van der Waals surface area contributed by atoms with E-state index in [0.29, 0.717) is 6.10 Å². The Hall–Kier alpha value is -0.970. The van der Waals surface area contributed by atoms with Gasteiger partial charge in [-0.25, -0.2) is 4.39 Å². The lowest BCUT2D eigenvalue weighted by Gasteiger charge is -2.33. The standard InChI is InChI=1S/C15H23FN2O/c1-2-19-14-6-8-18(9-7-14)11-15(17)12-4-3-5-13(16)10-12/h3-5,10,14-15H,2,6-9,11,17H2,1H3. The Balaban J connectivity index is 1.82. The highest BCUT2D eigenvalue weighted by atomic mass is 19.1. The van der Waals surface area contributed by atoms with Gasteiger partial charge in [-0.1, -0.05) is 12.1 Å². The second-order valence-corrected chi connectivity index (χ2v) is 5.12. The summed E-state index contributed by atoms with van der Waals surface area (Å²) in [6, 6.07) is 6.45. The number of ether oxygens (including phenoxy) is 1. The molecule has 4 heteroatoms. The van der Waals surface area contributed by atoms with E-state index in [0.717, 1.165) is 44.6 Å². The lowest BCUT2D eigenvalue weighted by atomic mass is 10.0. The average molecular weight is 266 g/mol. The largest absolute Gasteiger partial charge is 0.378 e. The van der Waals surface area contributed by atoms with E-state index in [1.807, 2.05) is 13.0 Å². The molecule has 1 fully saturated rings. The summed E-state index contributed by atoms with van der Waals surface area (Å²) in [5.41, 5.74) is 7.02. The minimum absolute atomic E-state index is 0.126. The minimum Gasteiger partial charge on any atom is -0.378 e. The molecule has 2 rings (SSSR count). The summed E-state index contributed by atoms with van der Waals surface area (Å²) in [5, 5.41) is 0. The summed E-state index contributed by atoms with van der Waals surface area (Å²) in [7, 11) is 0. The molecule has 1 heterocycles. The molecule has 2 N–H and O–H groups in total. The molecule has 0 aromatic heterocycles. The molecule has 0 saturated carbocycles. The summed E-state index contributed by atoms with van der Waals surface area (Å²) in [5.74, 6) is -0.219. The van der Waals surface area contributed by atoms with E-state index < -0.39 is 0 Å². The number of nitrogens with zero attached hydrogens (tertiary/aromatic N) is 1. The van der Waals surface area contributed by atoms with Crippen molar-refractivity contribution in [2.75, 3.05) is 26.2 Å². The van der Waals surface area contributed by atoms with Gasteiger partial charge in [0, 0.05) is 32.3 Å². The molecule has 0 radical (unpaired) electrons. The number of hydrogen-bond acceptors (Lipinski definition) is 3. The number of piperidine rings is 1. The normalized spacial score (nSPS) is 19.5. The van der Waals surface area contributed by atoms with Crippen molar-refractivity contribution in [1.82, 2.24) is 4.90 Å². The zero-order chi connectivity index (χ0) is 13.7. The van der Waals surface area contributed by atoms with Crippen molar-refractivity contribution in [3.8, 4) is 0 Å². The van der Waals surface area contributed by atoms with E-state index in [9.17, 15) is 4.39 Å². The average Bonchev–Trinajstić information content (AvgIpc) is 2.41. The lowest BCUT2D eigenvalue weighted by Crippen LogP contribution is -2.40. The number of hydrogen-bond donors (Lipinski definition) is 1. The van der Waals surface area contributed by atoms with Crippen LogP contribution in [0, 0.1) is 5.82 Å². The molecule has 0 amide bonds. The molecule has 0 spiro atoms. The molecule has 1 aromatic rings. The lowest BCUT2D eigenvalue weighted by molar-refractivity contribution is 0.0131. The van der Waals surface area contributed by atoms with Gasteiger partial charge < -0.3 is 15.4 Å². The first-order valence-electron chi connectivity index (χ1n) is 7.04. The Bertz CT molecular complexity index is 391. The Labute approximate surface area is 114 Å². The second kappa shape index (κ2) is 6.98. The van der Waals surface area contributed by atoms with E-state index in [4.69, 9.17) is 10.5 Å². The Morgan fingerprint density at radius 1 is 1.42 bits per heavy atom. The number of benzene rings is 1. The molecule has 19 heavy (non-hydrogen) atoms. The van der Waals surface area contributed by atoms with Crippen molar-refractivity contribution in [2.24, 2.45) is 5.73 Å². The Morgan fingerprint density at radius 2 is 2.16 bits per heavy atom. The molecule has 1 aliphatic rings. The van der Waals surface area contributed by atoms with E-state index in [-0.39, 0.29) is 11.9 Å². The van der Waals surface area contributed by atoms with Crippen LogP contribution in [0.1, 0.15) is 31.4 Å². The van der Waals surface area contributed by atoms with Crippen molar-refractivity contribution < 1.29 is 9.13 Å². The number of likely N-dealkylation sites (tertiary alicyclic amines) is 1. The van der Waals surface area contributed by atoms with Gasteiger partial charge in [0.05, 0.1) is 6.10 Å². The summed E-state index contributed by atoms with van der Waals surface area (Å²) in [4.78, 5) is 2.34. The van der Waals surface area contributed by atoms with Gasteiger partial charge in [0.25, 0.3) is 0 Å². The van der Waals surface area contributed by atoms with Crippen molar-refractivity contribution >= 4 is 0 Å². The first kappa shape index (κ1) is 14.4. The van der Waals surface area contributed by atoms with Crippen LogP contribution in [0.15, 0.2) is 24.3 Å². The molecule has 0 bridgehead atoms. The molecule has 3 nitrogen and oxygen atoms in total. The summed E-state index contributed by atoms with van der Waals surface area (Å²) in [6.45, 7) is 5.61. The predicted molar refractivity (Wildman–Crippen MR) is 74.4 cm³/mol. The SMILES string of the molecule is CCOC1CCN(CC(N)c2cccc(F)c2)CC1. The van der Waals surface area contributed by atoms with Gasteiger partial charge in [-0.05, 0) is 37.5 Å². The zero-order valence-corrected chi connectivity index (χ0v) is 11.5. The van der Waals surface area contributed by atoms with Gasteiger partial charge in [-0.15, -0.1) is 0 Å². The number of halogens is 1. The van der Waals surface area contributed by atoms with E-state index >= 15 is 0 Å². The fourth-order valence-electron chi connectivity index (χ4n) is 2.62. The van der Waals surface area contributed by atoms with E-state index in [1.54, 1.807) is 6.07 Å². The van der Waals surface area contributed by atoms with Crippen molar-refractivity contribution in [3.05, 3.63) is 35.6 Å². The van der Waals surface area contributed by atoms with Gasteiger partial charge in [-0.2, -0.15) is 0 Å². The monoisotopic (exact) mass is 266 g/mol. The number of rotatable bonds is 5. The van der Waals surface area contributed by atoms with Gasteiger partial charge in [0.2, 0.25) is 0 Å². The Kier molecular flexibility index (Phi) is 5.31. The summed E-state index contributed by atoms with van der Waals surface area (Å²) < 4.78 is 18.8. The fraction of sp³-hybridized carbons (Fsp3) is 0.600. The molecular weight excluding hydrogens is 243 g/mol.